The van der Waals surface area contributed by atoms with Crippen LogP contribution in [-0.4, -0.2) is 36.7 Å². The Morgan fingerprint density at radius 3 is 2.67 bits per heavy atom. The Labute approximate surface area is 123 Å². The van der Waals surface area contributed by atoms with Crippen molar-refractivity contribution in [3.63, 3.8) is 0 Å². The lowest BCUT2D eigenvalue weighted by Crippen LogP contribution is -2.44. The number of rotatable bonds is 7. The first-order chi connectivity index (χ1) is 10.0. The summed E-state index contributed by atoms with van der Waals surface area (Å²) in [5, 5.41) is 11.5. The van der Waals surface area contributed by atoms with Gasteiger partial charge in [-0.2, -0.15) is 0 Å². The zero-order valence-corrected chi connectivity index (χ0v) is 12.1. The fraction of sp³-hybridized carbons (Fsp3) is 0.467. The number of carbonyl (C=O) groups is 2. The Hall–Kier alpha value is -2.24. The van der Waals surface area contributed by atoms with E-state index in [1.807, 2.05) is 13.0 Å². The number of hydrogen-bond acceptors (Lipinski definition) is 4. The summed E-state index contributed by atoms with van der Waals surface area (Å²) in [5.74, 6) is -0.410. The molecule has 1 aromatic rings. The van der Waals surface area contributed by atoms with Crippen molar-refractivity contribution in [2.75, 3.05) is 13.7 Å². The van der Waals surface area contributed by atoms with E-state index in [1.165, 1.54) is 7.11 Å². The van der Waals surface area contributed by atoms with Crippen LogP contribution in [0.15, 0.2) is 18.2 Å². The molecule has 1 unspecified atom stereocenters. The first-order valence-corrected chi connectivity index (χ1v) is 6.81. The molecule has 114 valence electrons. The van der Waals surface area contributed by atoms with Crippen LogP contribution < -0.4 is 14.8 Å². The SMILES string of the molecule is COc1cc(C)ccc1OCC(=O)NC(C(=O)O)C1CC1. The number of methoxy groups -OCH3 is 1. The van der Waals surface area contributed by atoms with Gasteiger partial charge in [0.1, 0.15) is 6.04 Å². The molecule has 6 nitrogen and oxygen atoms in total. The minimum absolute atomic E-state index is 0.0420. The first-order valence-electron chi connectivity index (χ1n) is 6.81. The highest BCUT2D eigenvalue weighted by atomic mass is 16.5. The summed E-state index contributed by atoms with van der Waals surface area (Å²) in [6.07, 6.45) is 1.67. The van der Waals surface area contributed by atoms with E-state index in [1.54, 1.807) is 12.1 Å². The van der Waals surface area contributed by atoms with Gasteiger partial charge in [0.15, 0.2) is 18.1 Å². The molecule has 2 N–H and O–H groups in total. The smallest absolute Gasteiger partial charge is 0.326 e. The van der Waals surface area contributed by atoms with Crippen molar-refractivity contribution in [2.24, 2.45) is 5.92 Å². The highest BCUT2D eigenvalue weighted by Gasteiger charge is 2.37. The number of benzene rings is 1. The molecular formula is C15H19NO5. The zero-order valence-electron chi connectivity index (χ0n) is 12.1. The first kappa shape index (κ1) is 15.2. The molecule has 2 rings (SSSR count). The van der Waals surface area contributed by atoms with Crippen LogP contribution in [-0.2, 0) is 9.59 Å². The Morgan fingerprint density at radius 1 is 1.38 bits per heavy atom. The normalized spacial score (nSPS) is 15.1. The lowest BCUT2D eigenvalue weighted by Gasteiger charge is -2.15. The molecule has 0 aliphatic heterocycles. The van der Waals surface area contributed by atoms with E-state index >= 15 is 0 Å². The van der Waals surface area contributed by atoms with Gasteiger partial charge in [-0.15, -0.1) is 0 Å². The second-order valence-corrected chi connectivity index (χ2v) is 5.16. The fourth-order valence-corrected chi connectivity index (χ4v) is 2.06. The van der Waals surface area contributed by atoms with Crippen LogP contribution >= 0.6 is 0 Å². The van der Waals surface area contributed by atoms with Crippen molar-refractivity contribution in [1.29, 1.82) is 0 Å². The Bertz CT molecular complexity index is 539. The number of amides is 1. The van der Waals surface area contributed by atoms with E-state index in [9.17, 15) is 9.59 Å². The molecule has 1 aromatic carbocycles. The maximum absolute atomic E-state index is 11.8. The number of carboxylic acids is 1. The molecule has 1 fully saturated rings. The third kappa shape index (κ3) is 4.11. The molecule has 0 heterocycles. The van der Waals surface area contributed by atoms with Crippen molar-refractivity contribution in [3.8, 4) is 11.5 Å². The highest BCUT2D eigenvalue weighted by molar-refractivity contribution is 5.84. The minimum Gasteiger partial charge on any atom is -0.493 e. The summed E-state index contributed by atoms with van der Waals surface area (Å²) >= 11 is 0. The quantitative estimate of drug-likeness (QED) is 0.793. The van der Waals surface area contributed by atoms with Gasteiger partial charge in [0.25, 0.3) is 5.91 Å². The average molecular weight is 293 g/mol. The minimum atomic E-state index is -1.00. The topological polar surface area (TPSA) is 84.9 Å². The third-order valence-corrected chi connectivity index (χ3v) is 3.35. The summed E-state index contributed by atoms with van der Waals surface area (Å²) in [4.78, 5) is 22.8. The van der Waals surface area contributed by atoms with Crippen molar-refractivity contribution in [2.45, 2.75) is 25.8 Å². The molecule has 0 saturated heterocycles. The molecule has 1 amide bonds. The van der Waals surface area contributed by atoms with E-state index in [0.717, 1.165) is 18.4 Å². The Kier molecular flexibility index (Phi) is 4.67. The lowest BCUT2D eigenvalue weighted by molar-refractivity contribution is -0.142. The van der Waals surface area contributed by atoms with Crippen molar-refractivity contribution < 1.29 is 24.2 Å². The third-order valence-electron chi connectivity index (χ3n) is 3.35. The van der Waals surface area contributed by atoms with Gasteiger partial charge in [-0.1, -0.05) is 6.07 Å². The van der Waals surface area contributed by atoms with Gasteiger partial charge in [0.05, 0.1) is 7.11 Å². The van der Waals surface area contributed by atoms with Crippen LogP contribution in [0.5, 0.6) is 11.5 Å². The molecule has 0 radical (unpaired) electrons. The summed E-state index contributed by atoms with van der Waals surface area (Å²) in [7, 11) is 1.52. The van der Waals surface area contributed by atoms with Gasteiger partial charge >= 0.3 is 5.97 Å². The maximum atomic E-state index is 11.8. The lowest BCUT2D eigenvalue weighted by atomic mass is 10.2. The van der Waals surface area contributed by atoms with Crippen LogP contribution in [0.3, 0.4) is 0 Å². The van der Waals surface area contributed by atoms with Crippen LogP contribution in [0.1, 0.15) is 18.4 Å². The number of hydrogen-bond donors (Lipinski definition) is 2. The van der Waals surface area contributed by atoms with Gasteiger partial charge in [0, 0.05) is 0 Å². The fourth-order valence-electron chi connectivity index (χ4n) is 2.06. The summed E-state index contributed by atoms with van der Waals surface area (Å²) < 4.78 is 10.6. The van der Waals surface area contributed by atoms with Gasteiger partial charge in [-0.05, 0) is 43.4 Å². The van der Waals surface area contributed by atoms with Crippen molar-refractivity contribution >= 4 is 11.9 Å². The molecule has 1 aliphatic rings. The van der Waals surface area contributed by atoms with Gasteiger partial charge in [-0.3, -0.25) is 4.79 Å². The van der Waals surface area contributed by atoms with Gasteiger partial charge in [0.2, 0.25) is 0 Å². The molecule has 1 atom stereocenters. The van der Waals surface area contributed by atoms with Gasteiger partial charge in [-0.25, -0.2) is 4.79 Å². The summed E-state index contributed by atoms with van der Waals surface area (Å²) in [6, 6.07) is 4.55. The number of carbonyl (C=O) groups excluding carboxylic acids is 1. The van der Waals surface area contributed by atoms with E-state index in [-0.39, 0.29) is 12.5 Å². The molecule has 0 aromatic heterocycles. The van der Waals surface area contributed by atoms with Crippen LogP contribution in [0.4, 0.5) is 0 Å². The molecule has 0 spiro atoms. The second kappa shape index (κ2) is 6.47. The van der Waals surface area contributed by atoms with E-state index in [0.29, 0.717) is 11.5 Å². The van der Waals surface area contributed by atoms with E-state index in [2.05, 4.69) is 5.32 Å². The molecule has 6 heteroatoms. The number of nitrogens with one attached hydrogen (secondary N) is 1. The maximum Gasteiger partial charge on any atom is 0.326 e. The van der Waals surface area contributed by atoms with E-state index in [4.69, 9.17) is 14.6 Å². The van der Waals surface area contributed by atoms with E-state index < -0.39 is 17.9 Å². The molecule has 21 heavy (non-hydrogen) atoms. The van der Waals surface area contributed by atoms with Crippen molar-refractivity contribution in [1.82, 2.24) is 5.32 Å². The standard InChI is InChI=1S/C15H19NO5/c1-9-3-6-11(12(7-9)20-2)21-8-13(17)16-14(15(18)19)10-4-5-10/h3,6-7,10,14H,4-5,8H2,1-2H3,(H,16,17)(H,18,19). The van der Waals surface area contributed by atoms with Crippen LogP contribution in [0.2, 0.25) is 0 Å². The largest absolute Gasteiger partial charge is 0.493 e. The predicted octanol–water partition coefficient (Wildman–Crippen LogP) is 1.36. The summed E-state index contributed by atoms with van der Waals surface area (Å²) in [5.41, 5.74) is 1.02. The molecular weight excluding hydrogens is 274 g/mol. The second-order valence-electron chi connectivity index (χ2n) is 5.16. The number of aliphatic carboxylic acids is 1. The predicted molar refractivity (Wildman–Crippen MR) is 75.5 cm³/mol. The molecule has 1 saturated carbocycles. The monoisotopic (exact) mass is 293 g/mol. The average Bonchev–Trinajstić information content (AvgIpc) is 3.27. The Morgan fingerprint density at radius 2 is 2.10 bits per heavy atom. The number of carboxylic acid groups (broad SMARTS) is 1. The number of aryl methyl sites for hydroxylation is 1. The summed E-state index contributed by atoms with van der Waals surface area (Å²) in [6.45, 7) is 1.68. The van der Waals surface area contributed by atoms with Crippen LogP contribution in [0.25, 0.3) is 0 Å². The van der Waals surface area contributed by atoms with Crippen LogP contribution in [0, 0.1) is 12.8 Å². The van der Waals surface area contributed by atoms with Crippen molar-refractivity contribution in [3.05, 3.63) is 23.8 Å². The highest BCUT2D eigenvalue weighted by Crippen LogP contribution is 2.32. The molecule has 0 bridgehead atoms. The van der Waals surface area contributed by atoms with Gasteiger partial charge < -0.3 is 19.9 Å². The zero-order chi connectivity index (χ0) is 15.4. The number of ether oxygens (including phenoxy) is 2. The Balaban J connectivity index is 1.90. The molecule has 1 aliphatic carbocycles.